The highest BCUT2D eigenvalue weighted by molar-refractivity contribution is 8.22. The monoisotopic (exact) mass is 398 g/mol. The molecule has 1 atom stereocenters. The lowest BCUT2D eigenvalue weighted by atomic mass is 10.1. The molecule has 4 heteroatoms. The predicted octanol–water partition coefficient (Wildman–Crippen LogP) is 7.19. The van der Waals surface area contributed by atoms with E-state index in [4.69, 9.17) is 11.6 Å². The van der Waals surface area contributed by atoms with E-state index in [-0.39, 0.29) is 0 Å². The number of thioether (sulfide) groups is 2. The van der Waals surface area contributed by atoms with Crippen LogP contribution >= 0.6 is 35.1 Å². The van der Waals surface area contributed by atoms with Gasteiger partial charge in [-0.3, -0.25) is 0 Å². The van der Waals surface area contributed by atoms with Gasteiger partial charge in [-0.25, -0.2) is 0 Å². The maximum absolute atomic E-state index is 10.5. The second-order valence-corrected chi connectivity index (χ2v) is 8.52. The fraction of sp³-hybridized carbons (Fsp3) is 0.0909. The summed E-state index contributed by atoms with van der Waals surface area (Å²) in [7, 11) is 0. The summed E-state index contributed by atoms with van der Waals surface area (Å²) < 4.78 is 1.13. The summed E-state index contributed by atoms with van der Waals surface area (Å²) in [4.78, 5) is 2.35. The van der Waals surface area contributed by atoms with E-state index in [1.807, 2.05) is 60.7 Å². The van der Waals surface area contributed by atoms with Crippen molar-refractivity contribution in [3.8, 4) is 0 Å². The first-order valence-electron chi connectivity index (χ1n) is 8.31. The Morgan fingerprint density at radius 2 is 1.31 bits per heavy atom. The standard InChI is InChI=1S/C22H19ClOS2/c23-20-14-8-7-13-19(20)21(24)15-16-22(25-17-9-3-1-4-10-17)26-18-11-5-2-6-12-18/h1-14,16,21,24H,15H2/t21-/m0/s1. The molecule has 1 nitrogen and oxygen atoms in total. The van der Waals surface area contributed by atoms with Crippen LogP contribution in [0, 0.1) is 0 Å². The molecule has 0 saturated carbocycles. The van der Waals surface area contributed by atoms with E-state index >= 15 is 0 Å². The molecule has 0 bridgehead atoms. The molecule has 0 aliphatic carbocycles. The van der Waals surface area contributed by atoms with Crippen LogP contribution in [0.4, 0.5) is 0 Å². The normalized spacial score (nSPS) is 11.8. The summed E-state index contributed by atoms with van der Waals surface area (Å²) in [6, 6.07) is 28.0. The molecule has 0 aliphatic rings. The van der Waals surface area contributed by atoms with Gasteiger partial charge in [-0.05, 0) is 42.3 Å². The minimum absolute atomic E-state index is 0.513. The van der Waals surface area contributed by atoms with Crippen molar-refractivity contribution >= 4 is 35.1 Å². The van der Waals surface area contributed by atoms with Crippen LogP contribution in [-0.2, 0) is 0 Å². The van der Waals surface area contributed by atoms with Gasteiger partial charge in [0.2, 0.25) is 0 Å². The van der Waals surface area contributed by atoms with Crippen molar-refractivity contribution in [1.29, 1.82) is 0 Å². The fourth-order valence-corrected chi connectivity index (χ4v) is 4.81. The van der Waals surface area contributed by atoms with Crippen LogP contribution in [0.2, 0.25) is 5.02 Å². The Kier molecular flexibility index (Phi) is 7.27. The van der Waals surface area contributed by atoms with Gasteiger partial charge in [-0.15, -0.1) is 0 Å². The fourth-order valence-electron chi connectivity index (χ4n) is 2.39. The molecule has 3 aromatic rings. The number of aliphatic hydroxyl groups is 1. The summed E-state index contributed by atoms with van der Waals surface area (Å²) in [6.07, 6.45) is 1.98. The third kappa shape index (κ3) is 5.68. The topological polar surface area (TPSA) is 20.2 Å². The van der Waals surface area contributed by atoms with Crippen LogP contribution < -0.4 is 0 Å². The summed E-state index contributed by atoms with van der Waals surface area (Å²) in [6.45, 7) is 0. The van der Waals surface area contributed by atoms with Crippen LogP contribution in [0.1, 0.15) is 18.1 Å². The van der Waals surface area contributed by atoms with Gasteiger partial charge in [-0.1, -0.05) is 95.8 Å². The molecule has 3 rings (SSSR count). The number of rotatable bonds is 7. The minimum atomic E-state index is -0.619. The van der Waals surface area contributed by atoms with Crippen LogP contribution in [0.5, 0.6) is 0 Å². The molecule has 0 fully saturated rings. The van der Waals surface area contributed by atoms with Crippen molar-refractivity contribution < 1.29 is 5.11 Å². The predicted molar refractivity (Wildman–Crippen MR) is 114 cm³/mol. The van der Waals surface area contributed by atoms with Gasteiger partial charge in [-0.2, -0.15) is 0 Å². The highest BCUT2D eigenvalue weighted by Crippen LogP contribution is 2.40. The second-order valence-electron chi connectivity index (χ2n) is 5.63. The number of aliphatic hydroxyl groups excluding tert-OH is 1. The van der Waals surface area contributed by atoms with Gasteiger partial charge >= 0.3 is 0 Å². The van der Waals surface area contributed by atoms with E-state index in [9.17, 15) is 5.11 Å². The summed E-state index contributed by atoms with van der Waals surface area (Å²) in [5.41, 5.74) is 0.763. The molecule has 1 N–H and O–H groups in total. The molecule has 0 unspecified atom stereocenters. The lowest BCUT2D eigenvalue weighted by Gasteiger charge is -2.12. The summed E-state index contributed by atoms with van der Waals surface area (Å²) in [5, 5.41) is 11.1. The Balaban J connectivity index is 1.77. The third-order valence-corrected chi connectivity index (χ3v) is 6.29. The Morgan fingerprint density at radius 3 is 1.85 bits per heavy atom. The summed E-state index contributed by atoms with van der Waals surface area (Å²) >= 11 is 9.61. The van der Waals surface area contributed by atoms with Crippen molar-refractivity contribution in [3.63, 3.8) is 0 Å². The SMILES string of the molecule is O[C@@H](CC=C(Sc1ccccc1)Sc1ccccc1)c1ccccc1Cl. The lowest BCUT2D eigenvalue weighted by Crippen LogP contribution is -1.96. The molecule has 0 radical (unpaired) electrons. The van der Waals surface area contributed by atoms with Gasteiger partial charge in [0.1, 0.15) is 0 Å². The van der Waals surface area contributed by atoms with Crippen molar-refractivity contribution in [2.45, 2.75) is 22.3 Å². The number of halogens is 1. The van der Waals surface area contributed by atoms with Crippen LogP contribution in [0.15, 0.2) is 105 Å². The molecule has 0 aromatic heterocycles. The molecule has 0 amide bonds. The summed E-state index contributed by atoms with van der Waals surface area (Å²) in [5.74, 6) is 0. The average Bonchev–Trinajstić information content (AvgIpc) is 2.68. The minimum Gasteiger partial charge on any atom is -0.388 e. The number of hydrogen-bond acceptors (Lipinski definition) is 3. The largest absolute Gasteiger partial charge is 0.388 e. The number of benzene rings is 3. The van der Waals surface area contributed by atoms with Crippen molar-refractivity contribution in [2.75, 3.05) is 0 Å². The molecule has 0 saturated heterocycles. The molecule has 26 heavy (non-hydrogen) atoms. The van der Waals surface area contributed by atoms with Gasteiger partial charge in [0.05, 0.1) is 6.10 Å². The van der Waals surface area contributed by atoms with Gasteiger partial charge in [0.25, 0.3) is 0 Å². The average molecular weight is 399 g/mol. The number of hydrogen-bond donors (Lipinski definition) is 1. The Morgan fingerprint density at radius 1 is 0.808 bits per heavy atom. The van der Waals surface area contributed by atoms with Crippen LogP contribution in [0.3, 0.4) is 0 Å². The molecule has 0 heterocycles. The molecular formula is C22H19ClOS2. The molecule has 0 aliphatic heterocycles. The third-order valence-electron chi connectivity index (χ3n) is 3.70. The van der Waals surface area contributed by atoms with Gasteiger partial charge < -0.3 is 5.11 Å². The van der Waals surface area contributed by atoms with E-state index in [1.165, 1.54) is 9.79 Å². The molecule has 3 aromatic carbocycles. The van der Waals surface area contributed by atoms with E-state index in [0.717, 1.165) is 9.80 Å². The first-order valence-corrected chi connectivity index (χ1v) is 10.3. The van der Waals surface area contributed by atoms with Gasteiger partial charge in [0.15, 0.2) is 0 Å². The van der Waals surface area contributed by atoms with E-state index in [1.54, 1.807) is 23.5 Å². The first-order chi connectivity index (χ1) is 12.7. The smallest absolute Gasteiger partial charge is 0.0839 e. The second kappa shape index (κ2) is 9.89. The Hall–Kier alpha value is -1.65. The van der Waals surface area contributed by atoms with Crippen molar-refractivity contribution in [2.24, 2.45) is 0 Å². The quantitative estimate of drug-likeness (QED) is 0.425. The Bertz CT molecular complexity index is 807. The zero-order valence-corrected chi connectivity index (χ0v) is 16.5. The zero-order valence-electron chi connectivity index (χ0n) is 14.1. The molecule has 0 spiro atoms. The van der Waals surface area contributed by atoms with E-state index in [2.05, 4.69) is 30.3 Å². The first kappa shape index (κ1) is 19.1. The van der Waals surface area contributed by atoms with Crippen LogP contribution in [0.25, 0.3) is 0 Å². The lowest BCUT2D eigenvalue weighted by molar-refractivity contribution is 0.181. The van der Waals surface area contributed by atoms with Crippen LogP contribution in [-0.4, -0.2) is 5.11 Å². The van der Waals surface area contributed by atoms with E-state index in [0.29, 0.717) is 11.4 Å². The zero-order chi connectivity index (χ0) is 18.2. The Labute approximate surface area is 168 Å². The molecule has 132 valence electrons. The van der Waals surface area contributed by atoms with Crippen molar-refractivity contribution in [1.82, 2.24) is 0 Å². The van der Waals surface area contributed by atoms with Gasteiger partial charge in [0, 0.05) is 19.1 Å². The molecular weight excluding hydrogens is 380 g/mol. The highest BCUT2D eigenvalue weighted by Gasteiger charge is 2.11. The maximum atomic E-state index is 10.5. The maximum Gasteiger partial charge on any atom is 0.0839 e. The highest BCUT2D eigenvalue weighted by atomic mass is 35.5. The van der Waals surface area contributed by atoms with Crippen molar-refractivity contribution in [3.05, 3.63) is 106 Å². The van der Waals surface area contributed by atoms with E-state index < -0.39 is 6.10 Å².